The molecule has 0 fully saturated rings. The van der Waals surface area contributed by atoms with Gasteiger partial charge in [0.2, 0.25) is 0 Å². The molecule has 1 atom stereocenters. The molecule has 15 heavy (non-hydrogen) atoms. The Kier molecular flexibility index (Phi) is 3.88. The van der Waals surface area contributed by atoms with Crippen LogP contribution in [-0.4, -0.2) is 21.2 Å². The lowest BCUT2D eigenvalue weighted by Crippen LogP contribution is -2.12. The van der Waals surface area contributed by atoms with E-state index in [9.17, 15) is 8.42 Å². The average molecular weight is 227 g/mol. The number of nitrogens with one attached hydrogen (secondary N) is 1. The molecule has 0 aliphatic carbocycles. The van der Waals surface area contributed by atoms with E-state index in [0.717, 1.165) is 5.56 Å². The normalized spacial score (nSPS) is 13.8. The fraction of sp³-hybridized carbons (Fsp3) is 0.455. The van der Waals surface area contributed by atoms with Gasteiger partial charge in [-0.15, -0.1) is 0 Å². The van der Waals surface area contributed by atoms with Crippen LogP contribution in [0.5, 0.6) is 0 Å². The van der Waals surface area contributed by atoms with Crippen molar-refractivity contribution in [1.29, 1.82) is 0 Å². The van der Waals surface area contributed by atoms with E-state index < -0.39 is 9.84 Å². The smallest absolute Gasteiger partial charge is 0.178 e. The molecule has 0 radical (unpaired) electrons. The average Bonchev–Trinajstić information content (AvgIpc) is 2.28. The van der Waals surface area contributed by atoms with Gasteiger partial charge in [-0.05, 0) is 31.7 Å². The van der Waals surface area contributed by atoms with Gasteiger partial charge in [0.25, 0.3) is 0 Å². The lowest BCUT2D eigenvalue weighted by atomic mass is 10.1. The standard InChI is InChI=1S/C11H17NO2S/c1-4-15(13,14)11-7-5-10(6-8-11)9(2)12-3/h5-9,12H,4H2,1-3H3. The Hall–Kier alpha value is -0.870. The summed E-state index contributed by atoms with van der Waals surface area (Å²) >= 11 is 0. The topological polar surface area (TPSA) is 46.2 Å². The maximum absolute atomic E-state index is 11.5. The highest BCUT2D eigenvalue weighted by molar-refractivity contribution is 7.91. The number of hydrogen-bond acceptors (Lipinski definition) is 3. The summed E-state index contributed by atoms with van der Waals surface area (Å²) in [4.78, 5) is 0.400. The van der Waals surface area contributed by atoms with Gasteiger partial charge in [0, 0.05) is 6.04 Å². The molecular formula is C11H17NO2S. The number of benzene rings is 1. The molecule has 0 bridgehead atoms. The number of rotatable bonds is 4. The fourth-order valence-electron chi connectivity index (χ4n) is 1.30. The minimum absolute atomic E-state index is 0.147. The van der Waals surface area contributed by atoms with Crippen molar-refractivity contribution in [3.05, 3.63) is 29.8 Å². The molecule has 0 saturated heterocycles. The molecule has 0 spiro atoms. The summed E-state index contributed by atoms with van der Waals surface area (Å²) in [6.07, 6.45) is 0. The zero-order chi connectivity index (χ0) is 11.5. The first-order valence-corrected chi connectivity index (χ1v) is 6.66. The van der Waals surface area contributed by atoms with Gasteiger partial charge in [0.1, 0.15) is 0 Å². The van der Waals surface area contributed by atoms with Crippen LogP contribution in [0.4, 0.5) is 0 Å². The first kappa shape index (κ1) is 12.2. The molecule has 0 heterocycles. The Morgan fingerprint density at radius 2 is 1.80 bits per heavy atom. The highest BCUT2D eigenvalue weighted by Crippen LogP contribution is 2.16. The van der Waals surface area contributed by atoms with Crippen LogP contribution >= 0.6 is 0 Å². The van der Waals surface area contributed by atoms with E-state index in [0.29, 0.717) is 4.90 Å². The summed E-state index contributed by atoms with van der Waals surface area (Å²) in [5.74, 6) is 0.147. The molecule has 1 N–H and O–H groups in total. The molecule has 1 aromatic rings. The lowest BCUT2D eigenvalue weighted by molar-refractivity contribution is 0.597. The maximum atomic E-state index is 11.5. The summed E-state index contributed by atoms with van der Waals surface area (Å²) < 4.78 is 23.1. The highest BCUT2D eigenvalue weighted by Gasteiger charge is 2.11. The number of sulfone groups is 1. The molecule has 0 saturated carbocycles. The molecule has 84 valence electrons. The third kappa shape index (κ3) is 2.79. The monoisotopic (exact) mass is 227 g/mol. The highest BCUT2D eigenvalue weighted by atomic mass is 32.2. The minimum Gasteiger partial charge on any atom is -0.313 e. The van der Waals surface area contributed by atoms with Crippen LogP contribution in [0.3, 0.4) is 0 Å². The van der Waals surface area contributed by atoms with E-state index in [1.165, 1.54) is 0 Å². The van der Waals surface area contributed by atoms with Gasteiger partial charge >= 0.3 is 0 Å². The Morgan fingerprint density at radius 1 is 1.27 bits per heavy atom. The van der Waals surface area contributed by atoms with Gasteiger partial charge in [-0.1, -0.05) is 19.1 Å². The third-order valence-electron chi connectivity index (χ3n) is 2.55. The zero-order valence-corrected chi connectivity index (χ0v) is 10.1. The van der Waals surface area contributed by atoms with Crippen molar-refractivity contribution in [3.63, 3.8) is 0 Å². The van der Waals surface area contributed by atoms with Crippen LogP contribution in [0.2, 0.25) is 0 Å². The second-order valence-electron chi connectivity index (χ2n) is 3.48. The van der Waals surface area contributed by atoms with Gasteiger partial charge in [0.05, 0.1) is 10.6 Å². The molecule has 0 aliphatic heterocycles. The third-order valence-corrected chi connectivity index (χ3v) is 4.30. The van der Waals surface area contributed by atoms with Gasteiger partial charge in [0.15, 0.2) is 9.84 Å². The molecule has 1 unspecified atom stereocenters. The van der Waals surface area contributed by atoms with E-state index >= 15 is 0 Å². The van der Waals surface area contributed by atoms with Crippen molar-refractivity contribution in [2.75, 3.05) is 12.8 Å². The predicted molar refractivity (Wildman–Crippen MR) is 61.6 cm³/mol. The van der Waals surface area contributed by atoms with E-state index in [1.54, 1.807) is 19.1 Å². The molecule has 1 rings (SSSR count). The first-order chi connectivity index (χ1) is 7.01. The summed E-state index contributed by atoms with van der Waals surface area (Å²) in [6.45, 7) is 3.68. The molecule has 4 heteroatoms. The quantitative estimate of drug-likeness (QED) is 0.852. The van der Waals surface area contributed by atoms with Crippen molar-refractivity contribution >= 4 is 9.84 Å². The van der Waals surface area contributed by atoms with Crippen LogP contribution in [-0.2, 0) is 9.84 Å². The zero-order valence-electron chi connectivity index (χ0n) is 9.32. The van der Waals surface area contributed by atoms with Gasteiger partial charge in [-0.2, -0.15) is 0 Å². The van der Waals surface area contributed by atoms with Gasteiger partial charge in [-0.25, -0.2) is 8.42 Å². The van der Waals surface area contributed by atoms with Crippen molar-refractivity contribution in [1.82, 2.24) is 5.32 Å². The lowest BCUT2D eigenvalue weighted by Gasteiger charge is -2.10. The summed E-state index contributed by atoms with van der Waals surface area (Å²) in [5, 5.41) is 3.10. The van der Waals surface area contributed by atoms with E-state index in [2.05, 4.69) is 5.32 Å². The molecule has 3 nitrogen and oxygen atoms in total. The minimum atomic E-state index is -3.07. The van der Waals surface area contributed by atoms with E-state index in [4.69, 9.17) is 0 Å². The Balaban J connectivity index is 3.00. The second kappa shape index (κ2) is 4.77. The van der Waals surface area contributed by atoms with Crippen LogP contribution < -0.4 is 5.32 Å². The second-order valence-corrected chi connectivity index (χ2v) is 5.76. The molecule has 0 aliphatic rings. The molecular weight excluding hydrogens is 210 g/mol. The van der Waals surface area contributed by atoms with Crippen LogP contribution in [0.1, 0.15) is 25.5 Å². The Bertz CT molecular complexity index is 409. The van der Waals surface area contributed by atoms with Gasteiger partial charge < -0.3 is 5.32 Å². The number of hydrogen-bond donors (Lipinski definition) is 1. The van der Waals surface area contributed by atoms with Crippen LogP contribution in [0.15, 0.2) is 29.2 Å². The van der Waals surface area contributed by atoms with Crippen LogP contribution in [0.25, 0.3) is 0 Å². The Labute approximate surface area is 91.4 Å². The van der Waals surface area contributed by atoms with E-state index in [-0.39, 0.29) is 11.8 Å². The van der Waals surface area contributed by atoms with Crippen LogP contribution in [0, 0.1) is 0 Å². The summed E-state index contributed by atoms with van der Waals surface area (Å²) in [5.41, 5.74) is 1.09. The molecule has 0 amide bonds. The summed E-state index contributed by atoms with van der Waals surface area (Å²) in [7, 11) is -1.19. The molecule has 1 aromatic carbocycles. The SMILES string of the molecule is CCS(=O)(=O)c1ccc(C(C)NC)cc1. The van der Waals surface area contributed by atoms with Crippen molar-refractivity contribution in [2.24, 2.45) is 0 Å². The largest absolute Gasteiger partial charge is 0.313 e. The first-order valence-electron chi connectivity index (χ1n) is 5.01. The predicted octanol–water partition coefficient (Wildman–Crippen LogP) is 1.76. The van der Waals surface area contributed by atoms with Crippen molar-refractivity contribution in [3.8, 4) is 0 Å². The van der Waals surface area contributed by atoms with E-state index in [1.807, 2.05) is 26.1 Å². The van der Waals surface area contributed by atoms with Crippen molar-refractivity contribution < 1.29 is 8.42 Å². The molecule has 0 aromatic heterocycles. The summed E-state index contributed by atoms with van der Waals surface area (Å²) in [6, 6.07) is 7.28. The fourth-order valence-corrected chi connectivity index (χ4v) is 2.18. The van der Waals surface area contributed by atoms with Gasteiger partial charge in [-0.3, -0.25) is 0 Å². The van der Waals surface area contributed by atoms with Crippen molar-refractivity contribution in [2.45, 2.75) is 24.8 Å². The Morgan fingerprint density at radius 3 is 2.20 bits per heavy atom. The maximum Gasteiger partial charge on any atom is 0.178 e.